The first-order valence-electron chi connectivity index (χ1n) is 8.18. The molecule has 3 rings (SSSR count). The Bertz CT molecular complexity index is 537. The predicted molar refractivity (Wildman–Crippen MR) is 92.7 cm³/mol. The summed E-state index contributed by atoms with van der Waals surface area (Å²) in [6.45, 7) is 5.91. The van der Waals surface area contributed by atoms with E-state index >= 15 is 0 Å². The molecule has 24 heavy (non-hydrogen) atoms. The van der Waals surface area contributed by atoms with Gasteiger partial charge in [0.2, 0.25) is 0 Å². The lowest BCUT2D eigenvalue weighted by Crippen LogP contribution is -2.44. The number of unbranched alkanes of at least 4 members (excludes halogenated alkanes) is 1. The summed E-state index contributed by atoms with van der Waals surface area (Å²) in [5, 5.41) is 0. The van der Waals surface area contributed by atoms with Gasteiger partial charge in [-0.3, -0.25) is 0 Å². The van der Waals surface area contributed by atoms with E-state index in [1.165, 1.54) is 11.1 Å². The van der Waals surface area contributed by atoms with Crippen molar-refractivity contribution in [2.24, 2.45) is 5.41 Å². The molecule has 0 saturated carbocycles. The minimum Gasteiger partial charge on any atom is -0.426 e. The van der Waals surface area contributed by atoms with Crippen LogP contribution in [0.5, 0.6) is 5.75 Å². The van der Waals surface area contributed by atoms with E-state index in [4.69, 9.17) is 22.6 Å². The maximum atomic E-state index is 9.31. The van der Waals surface area contributed by atoms with Crippen LogP contribution in [0.15, 0.2) is 18.2 Å². The van der Waals surface area contributed by atoms with E-state index in [0.29, 0.717) is 26.4 Å². The second kappa shape index (κ2) is 8.37. The Hall–Kier alpha value is -0.320. The van der Waals surface area contributed by atoms with Crippen LogP contribution in [-0.2, 0) is 24.5 Å². The van der Waals surface area contributed by atoms with Gasteiger partial charge >= 0.3 is 17.2 Å². The van der Waals surface area contributed by atoms with Crippen LogP contribution in [0.4, 0.5) is 0 Å². The van der Waals surface area contributed by atoms with E-state index in [2.05, 4.69) is 19.9 Å². The monoisotopic (exact) mass is 374 g/mol. The van der Waals surface area contributed by atoms with Crippen molar-refractivity contribution in [3.05, 3.63) is 29.3 Å². The fourth-order valence-electron chi connectivity index (χ4n) is 2.58. The summed E-state index contributed by atoms with van der Waals surface area (Å²) in [6, 6.07) is 6.20. The first kappa shape index (κ1) is 18.5. The second-order valence-corrected chi connectivity index (χ2v) is 8.50. The van der Waals surface area contributed by atoms with Crippen LogP contribution in [-0.4, -0.2) is 31.3 Å². The molecule has 0 amide bonds. The number of aryl methyl sites for hydroxylation is 2. The van der Waals surface area contributed by atoms with Crippen LogP contribution in [0.1, 0.15) is 30.9 Å². The number of hydrogen-bond donors (Lipinski definition) is 1. The Kier molecular flexibility index (Phi) is 6.44. The zero-order valence-electron chi connectivity index (χ0n) is 14.1. The largest absolute Gasteiger partial charge is 0.426 e. The smallest absolute Gasteiger partial charge is 0.397 e. The minimum absolute atomic E-state index is 0.345. The van der Waals surface area contributed by atoms with E-state index in [9.17, 15) is 4.89 Å². The zero-order valence-corrected chi connectivity index (χ0v) is 15.9. The highest BCUT2D eigenvalue weighted by molar-refractivity contribution is 7.42. The van der Waals surface area contributed by atoms with Gasteiger partial charge in [-0.2, -0.15) is 0 Å². The van der Waals surface area contributed by atoms with Gasteiger partial charge in [0, 0.05) is 0 Å². The van der Waals surface area contributed by atoms with Crippen molar-refractivity contribution in [2.45, 2.75) is 33.1 Å². The van der Waals surface area contributed by atoms with Gasteiger partial charge in [0.25, 0.3) is 0 Å². The normalized spacial score (nSPS) is 30.5. The molecule has 1 aromatic rings. The van der Waals surface area contributed by atoms with Gasteiger partial charge in [-0.1, -0.05) is 31.0 Å². The fourth-order valence-corrected chi connectivity index (χ4v) is 4.70. The molecule has 1 aromatic carbocycles. The Morgan fingerprint density at radius 2 is 1.79 bits per heavy atom. The summed E-state index contributed by atoms with van der Waals surface area (Å²) < 4.78 is 28.0. The van der Waals surface area contributed by atoms with Gasteiger partial charge in [0.15, 0.2) is 0 Å². The van der Waals surface area contributed by atoms with Crippen molar-refractivity contribution in [1.29, 1.82) is 0 Å². The van der Waals surface area contributed by atoms with Crippen molar-refractivity contribution >= 4 is 17.2 Å². The lowest BCUT2D eigenvalue weighted by atomic mass is 9.93. The molecule has 0 radical (unpaired) electrons. The average molecular weight is 374 g/mol. The van der Waals surface area contributed by atoms with E-state index in [0.717, 1.165) is 25.0 Å². The zero-order chi connectivity index (χ0) is 17.0. The fraction of sp³-hybridized carbons (Fsp3) is 0.625. The number of hydrogen-bond acceptors (Lipinski definition) is 6. The van der Waals surface area contributed by atoms with Crippen LogP contribution >= 0.6 is 17.2 Å². The molecular formula is C16H24O6P2. The lowest BCUT2D eigenvalue weighted by molar-refractivity contribution is -0.0683. The molecule has 0 aromatic heterocycles. The van der Waals surface area contributed by atoms with Crippen LogP contribution in [0.25, 0.3) is 0 Å². The van der Waals surface area contributed by atoms with Gasteiger partial charge in [-0.15, -0.1) is 0 Å². The van der Waals surface area contributed by atoms with E-state index < -0.39 is 17.2 Å². The third kappa shape index (κ3) is 4.64. The Balaban J connectivity index is 1.58. The molecule has 0 atom stereocenters. The summed E-state index contributed by atoms with van der Waals surface area (Å²) in [7, 11) is -3.16. The SMILES string of the molecule is CCCCc1cc(C)ccc1OP1OCC2(COP(O)OC2)CO1. The van der Waals surface area contributed by atoms with Crippen LogP contribution < -0.4 is 4.52 Å². The van der Waals surface area contributed by atoms with Gasteiger partial charge in [0.05, 0.1) is 31.8 Å². The highest BCUT2D eigenvalue weighted by atomic mass is 31.2. The maximum absolute atomic E-state index is 9.31. The summed E-state index contributed by atoms with van der Waals surface area (Å²) >= 11 is 0. The Morgan fingerprint density at radius 3 is 2.46 bits per heavy atom. The molecule has 2 saturated heterocycles. The molecule has 0 bridgehead atoms. The number of benzene rings is 1. The van der Waals surface area contributed by atoms with E-state index in [1.54, 1.807) is 0 Å². The lowest BCUT2D eigenvalue weighted by Gasteiger charge is -2.40. The highest BCUT2D eigenvalue weighted by Gasteiger charge is 2.43. The third-order valence-corrected chi connectivity index (χ3v) is 5.83. The molecule has 2 heterocycles. The number of rotatable bonds is 5. The average Bonchev–Trinajstić information content (AvgIpc) is 2.60. The molecular weight excluding hydrogens is 350 g/mol. The van der Waals surface area contributed by atoms with Crippen LogP contribution in [0, 0.1) is 12.3 Å². The molecule has 8 heteroatoms. The molecule has 134 valence electrons. The molecule has 2 aliphatic heterocycles. The van der Waals surface area contributed by atoms with Gasteiger partial charge in [-0.05, 0) is 31.4 Å². The van der Waals surface area contributed by atoms with E-state index in [-0.39, 0.29) is 5.41 Å². The van der Waals surface area contributed by atoms with E-state index in [1.807, 2.05) is 12.1 Å². The topological polar surface area (TPSA) is 66.4 Å². The third-order valence-electron chi connectivity index (χ3n) is 4.10. The Labute approximate surface area is 145 Å². The Morgan fingerprint density at radius 1 is 1.12 bits per heavy atom. The molecule has 0 unspecified atom stereocenters. The molecule has 6 nitrogen and oxygen atoms in total. The van der Waals surface area contributed by atoms with Crippen molar-refractivity contribution in [3.8, 4) is 5.75 Å². The van der Waals surface area contributed by atoms with Crippen molar-refractivity contribution in [3.63, 3.8) is 0 Å². The molecule has 1 N–H and O–H groups in total. The summed E-state index contributed by atoms with van der Waals surface area (Å²) in [6.07, 6.45) is 3.26. The van der Waals surface area contributed by atoms with Crippen molar-refractivity contribution < 1.29 is 27.5 Å². The van der Waals surface area contributed by atoms with Crippen molar-refractivity contribution in [2.75, 3.05) is 26.4 Å². The summed E-state index contributed by atoms with van der Waals surface area (Å²) in [5.74, 6) is 0.839. The van der Waals surface area contributed by atoms with Crippen LogP contribution in [0.2, 0.25) is 0 Å². The summed E-state index contributed by atoms with van der Waals surface area (Å²) in [4.78, 5) is 9.31. The van der Waals surface area contributed by atoms with Crippen LogP contribution in [0.3, 0.4) is 0 Å². The van der Waals surface area contributed by atoms with Gasteiger partial charge in [-0.25, -0.2) is 0 Å². The molecule has 2 aliphatic rings. The molecule has 0 aliphatic carbocycles. The van der Waals surface area contributed by atoms with Gasteiger partial charge in [0.1, 0.15) is 5.75 Å². The second-order valence-electron chi connectivity index (χ2n) is 6.36. The highest BCUT2D eigenvalue weighted by Crippen LogP contribution is 2.51. The quantitative estimate of drug-likeness (QED) is 0.778. The van der Waals surface area contributed by atoms with Gasteiger partial charge < -0.3 is 27.5 Å². The molecule has 2 fully saturated rings. The first-order valence-corrected chi connectivity index (χ1v) is 10.4. The molecule has 1 spiro atoms. The first-order chi connectivity index (χ1) is 11.6. The summed E-state index contributed by atoms with van der Waals surface area (Å²) in [5.41, 5.74) is 2.08. The maximum Gasteiger partial charge on any atom is 0.397 e. The minimum atomic E-state index is -1.74. The standard InChI is InChI=1S/C16H24O6P2/c1-3-4-5-14-8-13(2)6-7-15(14)22-24-20-11-16(12-21-24)9-18-23(17)19-10-16/h6-8,17H,3-5,9-12H2,1-2H3. The van der Waals surface area contributed by atoms with Crippen molar-refractivity contribution in [1.82, 2.24) is 0 Å². The predicted octanol–water partition coefficient (Wildman–Crippen LogP) is 4.24.